The van der Waals surface area contributed by atoms with Crippen LogP contribution in [-0.4, -0.2) is 74.1 Å². The molecule has 12 heteroatoms. The van der Waals surface area contributed by atoms with Crippen molar-refractivity contribution in [1.82, 2.24) is 25.9 Å². The van der Waals surface area contributed by atoms with Crippen LogP contribution in [0.25, 0.3) is 0 Å². The molecule has 2 aromatic rings. The van der Waals surface area contributed by atoms with E-state index in [1.807, 2.05) is 13.8 Å². The van der Waals surface area contributed by atoms with Crippen LogP contribution in [0.5, 0.6) is 0 Å². The third-order valence-corrected chi connectivity index (χ3v) is 5.63. The van der Waals surface area contributed by atoms with Crippen molar-refractivity contribution < 1.29 is 29.4 Å². The molecule has 2 rings (SSSR count). The first kappa shape index (κ1) is 29.5. The molecular weight excluding hydrogens is 480 g/mol. The van der Waals surface area contributed by atoms with Gasteiger partial charge in [-0.2, -0.15) is 0 Å². The minimum Gasteiger partial charge on any atom is -0.480 e. The van der Waals surface area contributed by atoms with Crippen LogP contribution in [0.2, 0.25) is 0 Å². The van der Waals surface area contributed by atoms with E-state index in [-0.39, 0.29) is 18.8 Å². The molecule has 202 valence electrons. The molecular formula is C25H36N6O6. The summed E-state index contributed by atoms with van der Waals surface area (Å²) in [5.41, 5.74) is 7.11. The van der Waals surface area contributed by atoms with Gasteiger partial charge in [0.1, 0.15) is 18.1 Å². The van der Waals surface area contributed by atoms with Gasteiger partial charge < -0.3 is 36.9 Å². The van der Waals surface area contributed by atoms with E-state index in [0.717, 1.165) is 0 Å². The number of aliphatic carboxylic acids is 1. The van der Waals surface area contributed by atoms with Crippen molar-refractivity contribution in [2.75, 3.05) is 0 Å². The van der Waals surface area contributed by atoms with Gasteiger partial charge in [-0.3, -0.25) is 14.4 Å². The van der Waals surface area contributed by atoms with Crippen LogP contribution in [-0.2, 0) is 32.0 Å². The smallest absolute Gasteiger partial charge is 0.326 e. The zero-order chi connectivity index (χ0) is 27.5. The summed E-state index contributed by atoms with van der Waals surface area (Å²) in [6.45, 7) is 5.11. The minimum atomic E-state index is -1.39. The number of benzene rings is 1. The van der Waals surface area contributed by atoms with Gasteiger partial charge in [0, 0.05) is 24.7 Å². The molecule has 0 aliphatic heterocycles. The highest BCUT2D eigenvalue weighted by Crippen LogP contribution is 2.07. The van der Waals surface area contributed by atoms with Gasteiger partial charge in [-0.1, -0.05) is 44.2 Å². The van der Waals surface area contributed by atoms with Crippen molar-refractivity contribution in [3.8, 4) is 0 Å². The third-order valence-electron chi connectivity index (χ3n) is 5.63. The Balaban J connectivity index is 2.18. The number of carbonyl (C=O) groups is 4. The minimum absolute atomic E-state index is 0.0345. The van der Waals surface area contributed by atoms with Crippen LogP contribution >= 0.6 is 0 Å². The monoisotopic (exact) mass is 516 g/mol. The largest absolute Gasteiger partial charge is 0.480 e. The number of amides is 3. The number of hydrogen-bond acceptors (Lipinski definition) is 7. The van der Waals surface area contributed by atoms with E-state index in [1.165, 1.54) is 19.4 Å². The molecule has 0 aliphatic rings. The molecule has 12 nitrogen and oxygen atoms in total. The van der Waals surface area contributed by atoms with Crippen LogP contribution < -0.4 is 21.7 Å². The molecule has 0 spiro atoms. The number of nitrogens with two attached hydrogens (primary N) is 1. The van der Waals surface area contributed by atoms with Crippen molar-refractivity contribution >= 4 is 23.7 Å². The molecule has 8 N–H and O–H groups in total. The lowest BCUT2D eigenvalue weighted by atomic mass is 10.0. The summed E-state index contributed by atoms with van der Waals surface area (Å²) < 4.78 is 0. The molecule has 1 aromatic carbocycles. The van der Waals surface area contributed by atoms with E-state index in [9.17, 15) is 29.4 Å². The van der Waals surface area contributed by atoms with E-state index in [1.54, 1.807) is 30.3 Å². The van der Waals surface area contributed by atoms with E-state index in [2.05, 4.69) is 25.9 Å². The first-order valence-electron chi connectivity index (χ1n) is 12.1. The number of aromatic nitrogens is 2. The molecule has 0 saturated heterocycles. The fourth-order valence-corrected chi connectivity index (χ4v) is 3.69. The van der Waals surface area contributed by atoms with Crippen LogP contribution in [0.1, 0.15) is 38.4 Å². The lowest BCUT2D eigenvalue weighted by Crippen LogP contribution is -2.60. The number of aliphatic hydroxyl groups is 1. The van der Waals surface area contributed by atoms with Crippen molar-refractivity contribution in [3.05, 3.63) is 54.1 Å². The molecule has 5 atom stereocenters. The van der Waals surface area contributed by atoms with Crippen molar-refractivity contribution in [3.63, 3.8) is 0 Å². The summed E-state index contributed by atoms with van der Waals surface area (Å²) in [5.74, 6) is -3.29. The van der Waals surface area contributed by atoms with Gasteiger partial charge in [-0.15, -0.1) is 0 Å². The fourth-order valence-electron chi connectivity index (χ4n) is 3.69. The average Bonchev–Trinajstić information content (AvgIpc) is 3.34. The number of aromatic amines is 1. The first-order valence-corrected chi connectivity index (χ1v) is 12.1. The van der Waals surface area contributed by atoms with Gasteiger partial charge in [0.25, 0.3) is 0 Å². The number of carboxylic acids is 1. The summed E-state index contributed by atoms with van der Waals surface area (Å²) in [6, 6.07) is 4.04. The summed E-state index contributed by atoms with van der Waals surface area (Å²) in [7, 11) is 0. The highest BCUT2D eigenvalue weighted by Gasteiger charge is 2.33. The summed E-state index contributed by atoms with van der Waals surface area (Å²) in [6.07, 6.45) is 1.94. The van der Waals surface area contributed by atoms with Crippen molar-refractivity contribution in [2.24, 2.45) is 11.7 Å². The predicted octanol–water partition coefficient (Wildman–Crippen LogP) is -0.512. The maximum atomic E-state index is 13.2. The topological polar surface area (TPSA) is 200 Å². The van der Waals surface area contributed by atoms with Gasteiger partial charge >= 0.3 is 5.97 Å². The molecule has 0 radical (unpaired) electrons. The molecule has 0 aliphatic carbocycles. The fraction of sp³-hybridized carbons (Fsp3) is 0.480. The number of carbonyl (C=O) groups excluding carboxylic acids is 3. The molecule has 0 fully saturated rings. The molecule has 3 amide bonds. The van der Waals surface area contributed by atoms with Crippen LogP contribution in [0.15, 0.2) is 42.9 Å². The van der Waals surface area contributed by atoms with E-state index >= 15 is 0 Å². The Kier molecular flexibility index (Phi) is 11.2. The van der Waals surface area contributed by atoms with Gasteiger partial charge in [0.2, 0.25) is 17.7 Å². The normalized spacial score (nSPS) is 15.2. The number of nitrogens with one attached hydrogen (secondary N) is 4. The Bertz CT molecular complexity index is 1030. The molecule has 1 aromatic heterocycles. The SMILES string of the molecule is CC(C)CC(N)C(=O)NC(C(=O)NC(Cc1cnc[nH]1)C(=O)NC(Cc1ccccc1)C(=O)O)C(C)O. The number of carboxylic acid groups (broad SMARTS) is 1. The number of hydrogen-bond donors (Lipinski definition) is 7. The first-order chi connectivity index (χ1) is 17.5. The maximum Gasteiger partial charge on any atom is 0.326 e. The van der Waals surface area contributed by atoms with Gasteiger partial charge in [0.05, 0.1) is 18.5 Å². The Hall–Kier alpha value is -3.77. The zero-order valence-electron chi connectivity index (χ0n) is 21.2. The van der Waals surface area contributed by atoms with Crippen LogP contribution in [0.4, 0.5) is 0 Å². The molecule has 0 saturated carbocycles. The number of nitrogens with zero attached hydrogens (tertiary/aromatic N) is 1. The number of H-pyrrole nitrogens is 1. The predicted molar refractivity (Wildman–Crippen MR) is 135 cm³/mol. The van der Waals surface area contributed by atoms with E-state index in [0.29, 0.717) is 17.7 Å². The number of aliphatic hydroxyl groups excluding tert-OH is 1. The second-order valence-electron chi connectivity index (χ2n) is 9.39. The second-order valence-corrected chi connectivity index (χ2v) is 9.39. The van der Waals surface area contributed by atoms with Crippen molar-refractivity contribution in [1.29, 1.82) is 0 Å². The molecule has 0 bridgehead atoms. The van der Waals surface area contributed by atoms with Gasteiger partial charge in [-0.25, -0.2) is 9.78 Å². The summed E-state index contributed by atoms with van der Waals surface area (Å²) >= 11 is 0. The van der Waals surface area contributed by atoms with Gasteiger partial charge in [0.15, 0.2) is 0 Å². The summed E-state index contributed by atoms with van der Waals surface area (Å²) in [4.78, 5) is 57.3. The van der Waals surface area contributed by atoms with Crippen LogP contribution in [0, 0.1) is 5.92 Å². The quantitative estimate of drug-likeness (QED) is 0.174. The zero-order valence-corrected chi connectivity index (χ0v) is 21.2. The Labute approximate surface area is 215 Å². The Morgan fingerprint density at radius 1 is 0.946 bits per heavy atom. The van der Waals surface area contributed by atoms with Crippen LogP contribution in [0.3, 0.4) is 0 Å². The lowest BCUT2D eigenvalue weighted by molar-refractivity contribution is -0.142. The highest BCUT2D eigenvalue weighted by molar-refractivity contribution is 5.94. The standard InChI is InChI=1S/C25H36N6O6/c1-14(2)9-18(26)22(33)31-21(15(3)32)24(35)29-19(11-17-12-27-13-28-17)23(34)30-20(25(36)37)10-16-7-5-4-6-8-16/h4-8,12-15,18-21,32H,9-11,26H2,1-3H3,(H,27,28)(H,29,35)(H,30,34)(H,31,33)(H,36,37). The second kappa shape index (κ2) is 14.1. The number of imidazole rings is 1. The highest BCUT2D eigenvalue weighted by atomic mass is 16.4. The number of rotatable bonds is 14. The lowest BCUT2D eigenvalue weighted by Gasteiger charge is -2.26. The van der Waals surface area contributed by atoms with Gasteiger partial charge in [-0.05, 0) is 24.8 Å². The molecule has 1 heterocycles. The Morgan fingerprint density at radius 3 is 2.14 bits per heavy atom. The van der Waals surface area contributed by atoms with E-state index < -0.39 is 54.0 Å². The summed E-state index contributed by atoms with van der Waals surface area (Å²) in [5, 5.41) is 27.3. The van der Waals surface area contributed by atoms with E-state index in [4.69, 9.17) is 5.73 Å². The average molecular weight is 517 g/mol. The maximum absolute atomic E-state index is 13.2. The molecule has 37 heavy (non-hydrogen) atoms. The van der Waals surface area contributed by atoms with Crippen molar-refractivity contribution in [2.45, 2.75) is 70.3 Å². The molecule has 5 unspecified atom stereocenters. The third kappa shape index (κ3) is 9.66. The Morgan fingerprint density at radius 2 is 1.59 bits per heavy atom.